The molecule has 0 aliphatic carbocycles. The molecule has 0 aliphatic rings. The summed E-state index contributed by atoms with van der Waals surface area (Å²) in [5.74, 6) is -0.532. The van der Waals surface area contributed by atoms with Gasteiger partial charge in [0.1, 0.15) is 0 Å². The second kappa shape index (κ2) is 6.29. The lowest BCUT2D eigenvalue weighted by Crippen LogP contribution is -2.11. The van der Waals surface area contributed by atoms with Crippen LogP contribution in [0.25, 0.3) is 11.5 Å². The highest BCUT2D eigenvalue weighted by Gasteiger charge is 2.14. The average molecular weight is 346 g/mol. The quantitative estimate of drug-likeness (QED) is 0.714. The first-order valence-corrected chi connectivity index (χ1v) is 7.32. The van der Waals surface area contributed by atoms with Crippen LogP contribution in [0, 0.1) is 5.82 Å². The lowest BCUT2D eigenvalue weighted by molar-refractivity contribution is 0.102. The van der Waals surface area contributed by atoms with E-state index in [0.717, 1.165) is 12.4 Å². The number of nitrogen functional groups attached to an aromatic ring is 1. The van der Waals surface area contributed by atoms with Gasteiger partial charge >= 0.3 is 0 Å². The predicted octanol–water partition coefficient (Wildman–Crippen LogP) is 3.11. The van der Waals surface area contributed by atoms with E-state index in [2.05, 4.69) is 15.3 Å². The summed E-state index contributed by atoms with van der Waals surface area (Å²) in [7, 11) is 1.75. The van der Waals surface area contributed by atoms with Crippen LogP contribution in [0.2, 0.25) is 5.02 Å². The summed E-state index contributed by atoms with van der Waals surface area (Å²) < 4.78 is 14.6. The van der Waals surface area contributed by atoms with E-state index < -0.39 is 5.82 Å². The number of carbonyl (C=O) groups excluding carboxylic acids is 1. The number of benzene rings is 1. The number of aromatic nitrogens is 3. The third-order valence-corrected chi connectivity index (χ3v) is 3.51. The number of nitrogens with one attached hydrogen (secondary N) is 1. The highest BCUT2D eigenvalue weighted by atomic mass is 35.5. The molecule has 1 amide bonds. The molecule has 0 bridgehead atoms. The first-order chi connectivity index (χ1) is 11.4. The molecule has 8 heteroatoms. The van der Waals surface area contributed by atoms with Crippen LogP contribution >= 0.6 is 11.6 Å². The van der Waals surface area contributed by atoms with Gasteiger partial charge in [0.05, 0.1) is 23.7 Å². The number of carbonyl (C=O) groups is 1. The van der Waals surface area contributed by atoms with E-state index >= 15 is 0 Å². The minimum atomic E-state index is -0.524. The maximum atomic E-state index is 12.9. The lowest BCUT2D eigenvalue weighted by Gasteiger charge is -2.05. The smallest absolute Gasteiger partial charge is 0.257 e. The fraction of sp³-hybridized carbons (Fsp3) is 0.0625. The third kappa shape index (κ3) is 3.36. The summed E-state index contributed by atoms with van der Waals surface area (Å²) in [5, 5.41) is 3.15. The van der Waals surface area contributed by atoms with Gasteiger partial charge in [-0.2, -0.15) is 0 Å². The van der Waals surface area contributed by atoms with Crippen LogP contribution in [0.5, 0.6) is 0 Å². The summed E-state index contributed by atoms with van der Waals surface area (Å²) in [6.07, 6.45) is 3.78. The van der Waals surface area contributed by atoms with Crippen molar-refractivity contribution in [3.8, 4) is 11.5 Å². The molecule has 0 saturated carbocycles. The van der Waals surface area contributed by atoms with E-state index in [4.69, 9.17) is 17.3 Å². The molecule has 0 unspecified atom stereocenters. The number of aryl methyl sites for hydroxylation is 1. The normalized spacial score (nSPS) is 10.6. The Kier molecular flexibility index (Phi) is 4.18. The van der Waals surface area contributed by atoms with Crippen LogP contribution in [0.4, 0.5) is 15.8 Å². The summed E-state index contributed by atoms with van der Waals surface area (Å²) in [5.41, 5.74) is 7.64. The van der Waals surface area contributed by atoms with Gasteiger partial charge in [0, 0.05) is 29.6 Å². The van der Waals surface area contributed by atoms with E-state index in [9.17, 15) is 9.18 Å². The zero-order valence-corrected chi connectivity index (χ0v) is 13.4. The maximum Gasteiger partial charge on any atom is 0.257 e. The molecule has 3 aromatic rings. The number of nitrogens with zero attached hydrogens (tertiary/aromatic N) is 3. The van der Waals surface area contributed by atoms with Crippen molar-refractivity contribution in [3.05, 3.63) is 59.3 Å². The van der Waals surface area contributed by atoms with Gasteiger partial charge in [-0.15, -0.1) is 0 Å². The van der Waals surface area contributed by atoms with Crippen LogP contribution in [0.3, 0.4) is 0 Å². The van der Waals surface area contributed by atoms with E-state index in [-0.39, 0.29) is 5.91 Å². The Morgan fingerprint density at radius 1 is 1.25 bits per heavy atom. The molecule has 3 rings (SSSR count). The SMILES string of the molecule is Cn1cc(C(=O)Nc2cc(N)cc(Cl)c2)cc1-c1ncc(F)cn1. The second-order valence-electron chi connectivity index (χ2n) is 5.18. The number of hydrogen-bond donors (Lipinski definition) is 2. The monoisotopic (exact) mass is 345 g/mol. The highest BCUT2D eigenvalue weighted by Crippen LogP contribution is 2.22. The largest absolute Gasteiger partial charge is 0.399 e. The summed E-state index contributed by atoms with van der Waals surface area (Å²) >= 11 is 5.92. The average Bonchev–Trinajstić information content (AvgIpc) is 2.89. The van der Waals surface area contributed by atoms with Crippen LogP contribution in [-0.2, 0) is 7.05 Å². The van der Waals surface area contributed by atoms with Crippen molar-refractivity contribution in [1.82, 2.24) is 14.5 Å². The number of amides is 1. The molecule has 122 valence electrons. The second-order valence-corrected chi connectivity index (χ2v) is 5.61. The van der Waals surface area contributed by atoms with Crippen LogP contribution in [0.15, 0.2) is 42.9 Å². The predicted molar refractivity (Wildman–Crippen MR) is 90.2 cm³/mol. The van der Waals surface area contributed by atoms with Crippen molar-refractivity contribution in [3.63, 3.8) is 0 Å². The van der Waals surface area contributed by atoms with Gasteiger partial charge in [-0.3, -0.25) is 4.79 Å². The van der Waals surface area contributed by atoms with Gasteiger partial charge < -0.3 is 15.6 Å². The summed E-state index contributed by atoms with van der Waals surface area (Å²) in [6, 6.07) is 6.42. The molecule has 0 saturated heterocycles. The van der Waals surface area contributed by atoms with Crippen molar-refractivity contribution in [2.45, 2.75) is 0 Å². The minimum Gasteiger partial charge on any atom is -0.399 e. The van der Waals surface area contributed by atoms with Crippen LogP contribution < -0.4 is 11.1 Å². The van der Waals surface area contributed by atoms with E-state index in [0.29, 0.717) is 33.5 Å². The van der Waals surface area contributed by atoms with E-state index in [1.807, 2.05) is 0 Å². The number of rotatable bonds is 3. The van der Waals surface area contributed by atoms with E-state index in [1.54, 1.807) is 42.1 Å². The Morgan fingerprint density at radius 3 is 2.62 bits per heavy atom. The Hall–Kier alpha value is -2.93. The van der Waals surface area contributed by atoms with Crippen LogP contribution in [0.1, 0.15) is 10.4 Å². The van der Waals surface area contributed by atoms with Crippen molar-refractivity contribution < 1.29 is 9.18 Å². The first-order valence-electron chi connectivity index (χ1n) is 6.94. The third-order valence-electron chi connectivity index (χ3n) is 3.29. The van der Waals surface area contributed by atoms with Crippen LogP contribution in [-0.4, -0.2) is 20.4 Å². The van der Waals surface area contributed by atoms with Gasteiger partial charge in [-0.05, 0) is 24.3 Å². The Labute approximate surface area is 142 Å². The number of nitrogens with two attached hydrogens (primary N) is 1. The van der Waals surface area contributed by atoms with Crippen molar-refractivity contribution in [1.29, 1.82) is 0 Å². The Balaban J connectivity index is 1.86. The molecule has 2 heterocycles. The molecule has 3 N–H and O–H groups in total. The topological polar surface area (TPSA) is 85.8 Å². The van der Waals surface area contributed by atoms with Gasteiger partial charge in [0.2, 0.25) is 0 Å². The minimum absolute atomic E-state index is 0.324. The summed E-state index contributed by atoms with van der Waals surface area (Å²) in [6.45, 7) is 0. The van der Waals surface area contributed by atoms with Crippen molar-refractivity contribution in [2.24, 2.45) is 7.05 Å². The molecule has 2 aromatic heterocycles. The first kappa shape index (κ1) is 15.9. The standard InChI is InChI=1S/C16H13ClFN5O/c1-23-8-9(2-14(23)15-20-6-11(18)7-21-15)16(24)22-13-4-10(17)3-12(19)5-13/h2-8H,19H2,1H3,(H,22,24). The Bertz CT molecular complexity index is 887. The van der Waals surface area contributed by atoms with Gasteiger partial charge in [0.15, 0.2) is 11.6 Å². The van der Waals surface area contributed by atoms with Gasteiger partial charge in [-0.1, -0.05) is 11.6 Å². The molecule has 0 fully saturated rings. The fourth-order valence-electron chi connectivity index (χ4n) is 2.24. The van der Waals surface area contributed by atoms with Gasteiger partial charge in [-0.25, -0.2) is 14.4 Å². The van der Waals surface area contributed by atoms with E-state index in [1.165, 1.54) is 0 Å². The molecule has 0 radical (unpaired) electrons. The zero-order valence-electron chi connectivity index (χ0n) is 12.6. The number of halogens is 2. The number of anilines is 2. The Morgan fingerprint density at radius 2 is 1.96 bits per heavy atom. The highest BCUT2D eigenvalue weighted by molar-refractivity contribution is 6.31. The maximum absolute atomic E-state index is 12.9. The lowest BCUT2D eigenvalue weighted by atomic mass is 10.2. The van der Waals surface area contributed by atoms with Gasteiger partial charge in [0.25, 0.3) is 5.91 Å². The zero-order chi connectivity index (χ0) is 17.3. The van der Waals surface area contributed by atoms with Crippen molar-refractivity contribution >= 4 is 28.9 Å². The molecule has 0 atom stereocenters. The molecule has 1 aromatic carbocycles. The summed E-state index contributed by atoms with van der Waals surface area (Å²) in [4.78, 5) is 20.2. The molecular weight excluding hydrogens is 333 g/mol. The molecule has 0 spiro atoms. The van der Waals surface area contributed by atoms with Crippen molar-refractivity contribution in [2.75, 3.05) is 11.1 Å². The molecule has 24 heavy (non-hydrogen) atoms. The fourth-order valence-corrected chi connectivity index (χ4v) is 2.49. The molecular formula is C16H13ClFN5O. The molecule has 6 nitrogen and oxygen atoms in total. The molecule has 0 aliphatic heterocycles. The number of hydrogen-bond acceptors (Lipinski definition) is 4.